The highest BCUT2D eigenvalue weighted by Gasteiger charge is 2.15. The maximum atomic E-state index is 12.4. The van der Waals surface area contributed by atoms with Crippen molar-refractivity contribution < 1.29 is 4.79 Å². The average Bonchev–Trinajstić information content (AvgIpc) is 2.89. The van der Waals surface area contributed by atoms with Crippen LogP contribution in [0.3, 0.4) is 0 Å². The molecule has 0 aliphatic rings. The number of nitrogens with zero attached hydrogens (tertiary/aromatic N) is 2. The molecule has 1 N–H and O–H groups in total. The van der Waals surface area contributed by atoms with Crippen molar-refractivity contribution in [2.75, 3.05) is 6.26 Å². The molecule has 7 heteroatoms. The van der Waals surface area contributed by atoms with E-state index in [9.17, 15) is 9.59 Å². The number of aromatic nitrogens is 2. The van der Waals surface area contributed by atoms with Gasteiger partial charge in [0.1, 0.15) is 11.2 Å². The molecule has 0 saturated carbocycles. The maximum absolute atomic E-state index is 12.4. The number of hydrogen-bond acceptors (Lipinski definition) is 5. The van der Waals surface area contributed by atoms with Gasteiger partial charge in [-0.15, -0.1) is 11.3 Å². The lowest BCUT2D eigenvalue weighted by molar-refractivity contribution is -0.122. The first-order valence-electron chi connectivity index (χ1n) is 6.38. The molecule has 0 unspecified atom stereocenters. The summed E-state index contributed by atoms with van der Waals surface area (Å²) < 4.78 is 2.04. The second kappa shape index (κ2) is 6.41. The number of nitrogens with one attached hydrogen (secondary N) is 1. The Morgan fingerprint density at radius 3 is 3.00 bits per heavy atom. The molecule has 5 nitrogen and oxygen atoms in total. The molecule has 0 saturated heterocycles. The third kappa shape index (κ3) is 3.04. The maximum Gasteiger partial charge on any atom is 0.272 e. The van der Waals surface area contributed by atoms with Crippen LogP contribution in [0.15, 0.2) is 21.4 Å². The lowest BCUT2D eigenvalue weighted by Gasteiger charge is -2.14. The zero-order valence-electron chi connectivity index (χ0n) is 11.7. The van der Waals surface area contributed by atoms with Crippen molar-refractivity contribution in [3.8, 4) is 0 Å². The molecular formula is C13H17N3O2S2. The van der Waals surface area contributed by atoms with Gasteiger partial charge in [0.05, 0.1) is 5.52 Å². The molecule has 0 spiro atoms. The fourth-order valence-corrected chi connectivity index (χ4v) is 3.12. The van der Waals surface area contributed by atoms with Crippen LogP contribution in [0, 0.1) is 0 Å². The predicted molar refractivity (Wildman–Crippen MR) is 83.6 cm³/mol. The highest BCUT2D eigenvalue weighted by molar-refractivity contribution is 7.98. The lowest BCUT2D eigenvalue weighted by Crippen LogP contribution is -2.37. The van der Waals surface area contributed by atoms with Crippen LogP contribution in [0.5, 0.6) is 0 Å². The minimum absolute atomic E-state index is 0.0141. The lowest BCUT2D eigenvalue weighted by atomic mass is 10.2. The fourth-order valence-electron chi connectivity index (χ4n) is 1.78. The summed E-state index contributed by atoms with van der Waals surface area (Å²) in [6.07, 6.45) is 2.71. The van der Waals surface area contributed by atoms with Crippen LogP contribution in [-0.4, -0.2) is 27.8 Å². The Bertz CT molecular complexity index is 678. The number of carbonyl (C=O) groups excluding carboxylic acids is 1. The average molecular weight is 311 g/mol. The van der Waals surface area contributed by atoms with Crippen molar-refractivity contribution in [1.82, 2.24) is 14.9 Å². The van der Waals surface area contributed by atoms with Crippen molar-refractivity contribution in [3.63, 3.8) is 0 Å². The van der Waals surface area contributed by atoms with Gasteiger partial charge < -0.3 is 5.32 Å². The normalized spacial score (nSPS) is 12.6. The summed E-state index contributed by atoms with van der Waals surface area (Å²) in [5.41, 5.74) is 0.552. The second-order valence-corrected chi connectivity index (χ2v) is 6.19. The molecule has 2 rings (SSSR count). The van der Waals surface area contributed by atoms with Gasteiger partial charge in [0.25, 0.3) is 5.56 Å². The first-order valence-corrected chi connectivity index (χ1v) is 8.48. The van der Waals surface area contributed by atoms with Crippen LogP contribution >= 0.6 is 23.1 Å². The first-order chi connectivity index (χ1) is 9.56. The van der Waals surface area contributed by atoms with E-state index in [2.05, 4.69) is 10.3 Å². The predicted octanol–water partition coefficient (Wildman–Crippen LogP) is 2.09. The van der Waals surface area contributed by atoms with E-state index in [1.165, 1.54) is 27.7 Å². The number of fused-ring (bicyclic) bond motifs is 1. The molecule has 0 aliphatic heterocycles. The standard InChI is InChI=1S/C13H17N3O2S2/c1-4-8(2)14-10(17)7-16-12(18)11-9(5-6-20-11)15-13(16)19-3/h5-6,8H,4,7H2,1-3H3,(H,14,17)/t8-/m1/s1. The zero-order chi connectivity index (χ0) is 14.7. The molecule has 0 fully saturated rings. The van der Waals surface area contributed by atoms with Crippen LogP contribution in [0.25, 0.3) is 10.2 Å². The fraction of sp³-hybridized carbons (Fsp3) is 0.462. The van der Waals surface area contributed by atoms with E-state index in [1.807, 2.05) is 31.5 Å². The molecule has 1 amide bonds. The third-order valence-electron chi connectivity index (χ3n) is 3.03. The van der Waals surface area contributed by atoms with Gasteiger partial charge in [0.15, 0.2) is 5.16 Å². The summed E-state index contributed by atoms with van der Waals surface area (Å²) in [5.74, 6) is -0.158. The molecular weight excluding hydrogens is 294 g/mol. The van der Waals surface area contributed by atoms with E-state index in [1.54, 1.807) is 0 Å². The summed E-state index contributed by atoms with van der Waals surface area (Å²) in [5, 5.41) is 5.28. The molecule has 2 heterocycles. The van der Waals surface area contributed by atoms with Crippen LogP contribution in [0.1, 0.15) is 20.3 Å². The summed E-state index contributed by atoms with van der Waals surface area (Å²) in [6, 6.07) is 1.93. The number of thiophene rings is 1. The molecule has 20 heavy (non-hydrogen) atoms. The van der Waals surface area contributed by atoms with Crippen molar-refractivity contribution in [3.05, 3.63) is 21.8 Å². The van der Waals surface area contributed by atoms with E-state index in [0.717, 1.165) is 6.42 Å². The Kier molecular flexibility index (Phi) is 4.82. The number of carbonyl (C=O) groups is 1. The van der Waals surface area contributed by atoms with Crippen molar-refractivity contribution >= 4 is 39.2 Å². The van der Waals surface area contributed by atoms with E-state index in [0.29, 0.717) is 15.4 Å². The van der Waals surface area contributed by atoms with E-state index >= 15 is 0 Å². The molecule has 0 aliphatic carbocycles. The Hall–Kier alpha value is -1.34. The van der Waals surface area contributed by atoms with Crippen molar-refractivity contribution in [2.24, 2.45) is 0 Å². The van der Waals surface area contributed by atoms with Gasteiger partial charge in [-0.25, -0.2) is 4.98 Å². The molecule has 0 radical (unpaired) electrons. The highest BCUT2D eigenvalue weighted by atomic mass is 32.2. The molecule has 108 valence electrons. The quantitative estimate of drug-likeness (QED) is 0.678. The van der Waals surface area contributed by atoms with Crippen LogP contribution in [0.2, 0.25) is 0 Å². The van der Waals surface area contributed by atoms with Gasteiger partial charge in [-0.2, -0.15) is 0 Å². The summed E-state index contributed by atoms with van der Waals surface area (Å²) >= 11 is 2.73. The smallest absolute Gasteiger partial charge is 0.272 e. The Morgan fingerprint density at radius 1 is 1.60 bits per heavy atom. The SMILES string of the molecule is CC[C@@H](C)NC(=O)Cn1c(SC)nc2ccsc2c1=O. The largest absolute Gasteiger partial charge is 0.352 e. The monoisotopic (exact) mass is 311 g/mol. The number of hydrogen-bond donors (Lipinski definition) is 1. The van der Waals surface area contributed by atoms with Gasteiger partial charge >= 0.3 is 0 Å². The van der Waals surface area contributed by atoms with Crippen molar-refractivity contribution in [2.45, 2.75) is 38.0 Å². The molecule has 2 aromatic rings. The first kappa shape index (κ1) is 15.1. The van der Waals surface area contributed by atoms with Crippen LogP contribution < -0.4 is 10.9 Å². The molecule has 1 atom stereocenters. The Morgan fingerprint density at radius 2 is 2.35 bits per heavy atom. The number of amides is 1. The van der Waals surface area contributed by atoms with Gasteiger partial charge in [-0.05, 0) is 31.0 Å². The van der Waals surface area contributed by atoms with Gasteiger partial charge in [-0.3, -0.25) is 14.2 Å². The summed E-state index contributed by atoms with van der Waals surface area (Å²) in [6.45, 7) is 3.96. The number of thioether (sulfide) groups is 1. The van der Waals surface area contributed by atoms with Crippen LogP contribution in [-0.2, 0) is 11.3 Å². The minimum atomic E-state index is -0.158. The second-order valence-electron chi connectivity index (χ2n) is 4.50. The van der Waals surface area contributed by atoms with E-state index < -0.39 is 0 Å². The number of rotatable bonds is 5. The molecule has 0 aromatic carbocycles. The van der Waals surface area contributed by atoms with E-state index in [-0.39, 0.29) is 24.1 Å². The van der Waals surface area contributed by atoms with Crippen molar-refractivity contribution in [1.29, 1.82) is 0 Å². The van der Waals surface area contributed by atoms with E-state index in [4.69, 9.17) is 0 Å². The van der Waals surface area contributed by atoms with Gasteiger partial charge in [-0.1, -0.05) is 18.7 Å². The Balaban J connectivity index is 2.35. The van der Waals surface area contributed by atoms with Crippen LogP contribution in [0.4, 0.5) is 0 Å². The highest BCUT2D eigenvalue weighted by Crippen LogP contribution is 2.19. The zero-order valence-corrected chi connectivity index (χ0v) is 13.3. The summed E-state index contributed by atoms with van der Waals surface area (Å²) in [4.78, 5) is 28.8. The Labute approximate surface area is 125 Å². The molecule has 2 aromatic heterocycles. The molecule has 0 bridgehead atoms. The minimum Gasteiger partial charge on any atom is -0.352 e. The third-order valence-corrected chi connectivity index (χ3v) is 4.60. The van der Waals surface area contributed by atoms with Gasteiger partial charge in [0, 0.05) is 6.04 Å². The van der Waals surface area contributed by atoms with Gasteiger partial charge in [0.2, 0.25) is 5.91 Å². The summed E-state index contributed by atoms with van der Waals surface area (Å²) in [7, 11) is 0. The topological polar surface area (TPSA) is 64.0 Å².